The molecule has 6 N–H and O–H groups in total. The van der Waals surface area contributed by atoms with Crippen molar-refractivity contribution >= 4 is 49.6 Å². The van der Waals surface area contributed by atoms with Gasteiger partial charge in [-0.05, 0) is 61.2 Å². The van der Waals surface area contributed by atoms with Crippen LogP contribution in [0, 0.1) is 0 Å². The maximum atomic E-state index is 13.2. The number of para-hydroxylation sites is 2. The number of aromatic amines is 2. The van der Waals surface area contributed by atoms with Crippen LogP contribution < -0.4 is 11.1 Å². The highest BCUT2D eigenvalue weighted by Gasteiger charge is 2.38. The van der Waals surface area contributed by atoms with Crippen molar-refractivity contribution in [2.75, 3.05) is 0 Å². The number of benzene rings is 3. The number of H-pyrrole nitrogens is 2. The second kappa shape index (κ2) is 14.7. The molecule has 1 amide bonds. The molecule has 256 valence electrons. The molecular formula is C35H35BrF3N7O3. The number of carbonyl (C=O) groups excluding carboxylic acids is 1. The van der Waals surface area contributed by atoms with Gasteiger partial charge >= 0.3 is 12.1 Å². The van der Waals surface area contributed by atoms with Crippen molar-refractivity contribution in [1.29, 1.82) is 0 Å². The molecule has 0 fully saturated rings. The van der Waals surface area contributed by atoms with Gasteiger partial charge in [-0.3, -0.25) is 4.79 Å². The van der Waals surface area contributed by atoms with Crippen LogP contribution in [0.5, 0.6) is 0 Å². The summed E-state index contributed by atoms with van der Waals surface area (Å²) in [7, 11) is 0. The van der Waals surface area contributed by atoms with Gasteiger partial charge in [-0.2, -0.15) is 13.2 Å². The van der Waals surface area contributed by atoms with Gasteiger partial charge in [0.1, 0.15) is 5.82 Å². The van der Waals surface area contributed by atoms with Crippen molar-refractivity contribution in [1.82, 2.24) is 30.0 Å². The Labute approximate surface area is 288 Å². The van der Waals surface area contributed by atoms with Gasteiger partial charge in [0, 0.05) is 51.5 Å². The number of carboxylic acids is 1. The molecule has 14 heteroatoms. The van der Waals surface area contributed by atoms with Gasteiger partial charge in [-0.25, -0.2) is 4.79 Å². The fraction of sp³-hybridized carbons (Fsp3) is 0.257. The number of halogens is 4. The molecule has 3 aromatic heterocycles. The van der Waals surface area contributed by atoms with Crippen molar-refractivity contribution < 1.29 is 27.9 Å². The fourth-order valence-corrected chi connectivity index (χ4v) is 5.66. The Balaban J connectivity index is 0.000000606. The molecule has 1 atom stereocenters. The molecule has 0 bridgehead atoms. The third kappa shape index (κ3) is 8.75. The number of nitrogens with one attached hydrogen (secondary N) is 3. The molecule has 3 heterocycles. The zero-order valence-electron chi connectivity index (χ0n) is 26.7. The molecule has 10 nitrogen and oxygen atoms in total. The van der Waals surface area contributed by atoms with Gasteiger partial charge in [0.25, 0.3) is 0 Å². The van der Waals surface area contributed by atoms with E-state index in [0.29, 0.717) is 25.2 Å². The highest BCUT2D eigenvalue weighted by atomic mass is 79.9. The van der Waals surface area contributed by atoms with E-state index in [1.54, 1.807) is 13.8 Å². The molecule has 0 saturated carbocycles. The Bertz CT molecular complexity index is 2060. The number of hydrogen-bond acceptors (Lipinski definition) is 5. The first-order valence-electron chi connectivity index (χ1n) is 15.4. The molecule has 0 aliphatic carbocycles. The van der Waals surface area contributed by atoms with Crippen LogP contribution in [0.2, 0.25) is 0 Å². The monoisotopic (exact) mass is 737 g/mol. The minimum absolute atomic E-state index is 0.245. The summed E-state index contributed by atoms with van der Waals surface area (Å²) in [5.41, 5.74) is 10.8. The molecule has 6 rings (SSSR count). The number of aryl methyl sites for hydroxylation is 2. The number of aliphatic carboxylic acids is 1. The molecular weight excluding hydrogens is 703 g/mol. The lowest BCUT2D eigenvalue weighted by atomic mass is 10.0. The second-order valence-corrected chi connectivity index (χ2v) is 13.1. The Hall–Kier alpha value is -4.95. The topological polar surface area (TPSA) is 155 Å². The van der Waals surface area contributed by atoms with E-state index in [4.69, 9.17) is 25.8 Å². The number of rotatable bonds is 10. The number of fused-ring (bicyclic) bond motifs is 2. The first-order valence-corrected chi connectivity index (χ1v) is 16.2. The summed E-state index contributed by atoms with van der Waals surface area (Å²) < 4.78 is 34.9. The lowest BCUT2D eigenvalue weighted by Gasteiger charge is -2.25. The summed E-state index contributed by atoms with van der Waals surface area (Å²) in [4.78, 5) is 28.9. The summed E-state index contributed by atoms with van der Waals surface area (Å²) in [5, 5.41) is 22.1. The summed E-state index contributed by atoms with van der Waals surface area (Å²) in [6.07, 6.45) is 1.03. The maximum absolute atomic E-state index is 13.2. The molecule has 0 spiro atoms. The number of aromatic nitrogens is 5. The predicted molar refractivity (Wildman–Crippen MR) is 184 cm³/mol. The average Bonchev–Trinajstić information content (AvgIpc) is 3.77. The van der Waals surface area contributed by atoms with E-state index in [2.05, 4.69) is 78.4 Å². The van der Waals surface area contributed by atoms with Crippen molar-refractivity contribution in [3.8, 4) is 0 Å². The molecule has 6 aromatic rings. The Morgan fingerprint density at radius 2 is 1.45 bits per heavy atom. The standard InChI is InChI=1S/C33H34BrN7O.C2HF3O2/c1-33(2,35)32(42)38-29(17-23-19-37-28-10-6-4-8-26(23)28)31-40-39-30(41(31)20-21-11-14-24(34)15-12-21)16-13-22-18-36-27-9-5-3-7-25(22)27;3-2(4,5)1(6)7/h3-12,14-15,18-19,29,36-37H,13,16-17,20,35H2,1-2H3,(H,38,42);(H,6,7)/t29-;/m1./s1. The molecule has 0 radical (unpaired) electrons. The minimum atomic E-state index is -5.08. The van der Waals surface area contributed by atoms with Crippen LogP contribution in [0.3, 0.4) is 0 Å². The van der Waals surface area contributed by atoms with Crippen molar-refractivity contribution in [3.63, 3.8) is 0 Å². The minimum Gasteiger partial charge on any atom is -0.475 e. The SMILES string of the molecule is CC(C)(N)C(=O)N[C@H](Cc1c[nH]c2ccccc12)c1nnc(CCc2c[nH]c3ccccc23)n1Cc1ccc(Br)cc1.O=C(O)C(F)(F)F. The van der Waals surface area contributed by atoms with E-state index in [0.717, 1.165) is 44.3 Å². The summed E-state index contributed by atoms with van der Waals surface area (Å²) in [6, 6.07) is 24.3. The maximum Gasteiger partial charge on any atom is 0.490 e. The lowest BCUT2D eigenvalue weighted by molar-refractivity contribution is -0.192. The van der Waals surface area contributed by atoms with Gasteiger partial charge in [-0.15, -0.1) is 10.2 Å². The summed E-state index contributed by atoms with van der Waals surface area (Å²) in [5.74, 6) is -1.43. The smallest absolute Gasteiger partial charge is 0.475 e. The Kier molecular flexibility index (Phi) is 10.6. The molecule has 0 aliphatic heterocycles. The normalized spacial score (nSPS) is 12.5. The third-order valence-electron chi connectivity index (χ3n) is 7.95. The van der Waals surface area contributed by atoms with Crippen LogP contribution in [0.1, 0.15) is 48.2 Å². The van der Waals surface area contributed by atoms with Crippen LogP contribution >= 0.6 is 15.9 Å². The van der Waals surface area contributed by atoms with Gasteiger partial charge in [-0.1, -0.05) is 64.5 Å². The molecule has 0 saturated heterocycles. The summed E-state index contributed by atoms with van der Waals surface area (Å²) >= 11 is 3.54. The van der Waals surface area contributed by atoms with Crippen LogP contribution in [0.15, 0.2) is 89.7 Å². The summed E-state index contributed by atoms with van der Waals surface area (Å²) in [6.45, 7) is 4.00. The highest BCUT2D eigenvalue weighted by molar-refractivity contribution is 9.10. The van der Waals surface area contributed by atoms with Crippen LogP contribution in [0.4, 0.5) is 13.2 Å². The zero-order chi connectivity index (χ0) is 35.3. The molecule has 0 unspecified atom stereocenters. The fourth-order valence-electron chi connectivity index (χ4n) is 5.39. The molecule has 0 aliphatic rings. The van der Waals surface area contributed by atoms with Gasteiger partial charge in [0.05, 0.1) is 18.1 Å². The third-order valence-corrected chi connectivity index (χ3v) is 8.48. The number of alkyl halides is 3. The van der Waals surface area contributed by atoms with E-state index >= 15 is 0 Å². The van der Waals surface area contributed by atoms with Crippen LogP contribution in [-0.4, -0.2) is 53.4 Å². The van der Waals surface area contributed by atoms with Crippen LogP contribution in [0.25, 0.3) is 21.8 Å². The highest BCUT2D eigenvalue weighted by Crippen LogP contribution is 2.27. The van der Waals surface area contributed by atoms with Crippen molar-refractivity contribution in [2.24, 2.45) is 5.73 Å². The first-order chi connectivity index (χ1) is 23.2. The van der Waals surface area contributed by atoms with Crippen LogP contribution in [-0.2, 0) is 35.4 Å². The molecule has 3 aromatic carbocycles. The van der Waals surface area contributed by atoms with E-state index in [-0.39, 0.29) is 5.91 Å². The van der Waals surface area contributed by atoms with Crippen molar-refractivity contribution in [3.05, 3.63) is 118 Å². The number of carbonyl (C=O) groups is 2. The van der Waals surface area contributed by atoms with E-state index in [1.165, 1.54) is 10.9 Å². The first kappa shape index (κ1) is 35.4. The quantitative estimate of drug-likeness (QED) is 0.107. The number of carboxylic acid groups (broad SMARTS) is 1. The van der Waals surface area contributed by atoms with E-state index in [1.807, 2.05) is 42.6 Å². The van der Waals surface area contributed by atoms with Gasteiger partial charge in [0.15, 0.2) is 5.82 Å². The average molecular weight is 739 g/mol. The molecule has 49 heavy (non-hydrogen) atoms. The Morgan fingerprint density at radius 3 is 2.02 bits per heavy atom. The lowest BCUT2D eigenvalue weighted by Crippen LogP contribution is -2.50. The number of amides is 1. The zero-order valence-corrected chi connectivity index (χ0v) is 28.3. The van der Waals surface area contributed by atoms with E-state index in [9.17, 15) is 18.0 Å². The van der Waals surface area contributed by atoms with Gasteiger partial charge < -0.3 is 30.7 Å². The number of nitrogens with two attached hydrogens (primary N) is 1. The predicted octanol–water partition coefficient (Wildman–Crippen LogP) is 6.61. The Morgan fingerprint density at radius 1 is 0.898 bits per heavy atom. The largest absolute Gasteiger partial charge is 0.490 e. The van der Waals surface area contributed by atoms with Crippen molar-refractivity contribution in [2.45, 2.75) is 57.4 Å². The second-order valence-electron chi connectivity index (χ2n) is 12.2. The van der Waals surface area contributed by atoms with E-state index < -0.39 is 23.7 Å². The number of hydrogen-bond donors (Lipinski definition) is 5. The van der Waals surface area contributed by atoms with Gasteiger partial charge in [0.2, 0.25) is 5.91 Å². The number of nitrogens with zero attached hydrogens (tertiary/aromatic N) is 3.